The Hall–Kier alpha value is -1.88. The summed E-state index contributed by atoms with van der Waals surface area (Å²) in [6.45, 7) is 8.75. The lowest BCUT2D eigenvalue weighted by molar-refractivity contribution is -0.141. The number of piperazine rings is 1. The zero-order chi connectivity index (χ0) is 23.8. The fourth-order valence-electron chi connectivity index (χ4n) is 2.44. The average Bonchev–Trinajstić information content (AvgIpc) is 2.74. The van der Waals surface area contributed by atoms with Gasteiger partial charge in [-0.1, -0.05) is 20.3 Å². The molecule has 10 heteroatoms. The predicted octanol–water partition coefficient (Wildman–Crippen LogP) is -0.269. The van der Waals surface area contributed by atoms with Crippen molar-refractivity contribution in [3.8, 4) is 0 Å². The minimum atomic E-state index is -0.914. The second-order valence-electron chi connectivity index (χ2n) is 6.55. The monoisotopic (exact) mass is 434 g/mol. The highest BCUT2D eigenvalue weighted by molar-refractivity contribution is 5.76. The molecule has 0 saturated carbocycles. The van der Waals surface area contributed by atoms with Gasteiger partial charge in [-0.2, -0.15) is 0 Å². The number of amides is 1. The molecule has 1 fully saturated rings. The summed E-state index contributed by atoms with van der Waals surface area (Å²) in [5.74, 6) is -0.874. The highest BCUT2D eigenvalue weighted by Gasteiger charge is 2.29. The number of nitrogens with zero attached hydrogens (tertiary/aromatic N) is 2. The molecule has 1 atom stereocenters. The maximum Gasteiger partial charge on any atom is 0.317 e. The zero-order valence-corrected chi connectivity index (χ0v) is 18.8. The number of nitrogens with one attached hydrogen (secondary N) is 1. The molecule has 0 spiro atoms. The Balaban J connectivity index is -0.000000505. The summed E-state index contributed by atoms with van der Waals surface area (Å²) < 4.78 is 0. The van der Waals surface area contributed by atoms with Crippen LogP contribution in [0.2, 0.25) is 0 Å². The number of hydrogen-bond donors (Lipinski definition) is 4. The lowest BCUT2D eigenvalue weighted by Crippen LogP contribution is -2.57. The molecule has 0 aromatic heterocycles. The second-order valence-corrected chi connectivity index (χ2v) is 6.55. The summed E-state index contributed by atoms with van der Waals surface area (Å²) in [5.41, 5.74) is 5.15. The normalized spacial score (nSPS) is 15.4. The van der Waals surface area contributed by atoms with E-state index < -0.39 is 5.97 Å². The van der Waals surface area contributed by atoms with Crippen molar-refractivity contribution in [2.24, 2.45) is 5.73 Å². The number of carboxylic acids is 1. The summed E-state index contributed by atoms with van der Waals surface area (Å²) in [6.07, 6.45) is 5.18. The van der Waals surface area contributed by atoms with Gasteiger partial charge in [0.1, 0.15) is 13.1 Å². The molecule has 0 aromatic rings. The Kier molecular flexibility index (Phi) is 27.5. The molecule has 1 heterocycles. The second kappa shape index (κ2) is 25.2. The molecule has 1 aliphatic heterocycles. The van der Waals surface area contributed by atoms with E-state index in [-0.39, 0.29) is 25.1 Å². The summed E-state index contributed by atoms with van der Waals surface area (Å²) in [7, 11) is 1.79. The number of hydrogen-bond acceptors (Lipinski definition) is 8. The van der Waals surface area contributed by atoms with Gasteiger partial charge >= 0.3 is 5.97 Å². The van der Waals surface area contributed by atoms with E-state index in [1.165, 1.54) is 6.42 Å². The summed E-state index contributed by atoms with van der Waals surface area (Å²) in [6, 6.07) is -0.284. The molecule has 1 amide bonds. The van der Waals surface area contributed by atoms with Gasteiger partial charge in [0.25, 0.3) is 0 Å². The number of aldehydes is 1. The summed E-state index contributed by atoms with van der Waals surface area (Å²) >= 11 is 0. The molecule has 1 unspecified atom stereocenters. The van der Waals surface area contributed by atoms with Gasteiger partial charge < -0.3 is 35.8 Å². The number of carboxylic acid groups (broad SMARTS) is 1. The summed E-state index contributed by atoms with van der Waals surface area (Å²) in [4.78, 5) is 43.5. The Bertz CT molecular complexity index is 426. The highest BCUT2D eigenvalue weighted by Crippen LogP contribution is 2.10. The van der Waals surface area contributed by atoms with E-state index in [4.69, 9.17) is 15.6 Å². The molecular weight excluding hydrogens is 392 g/mol. The molecule has 10 nitrogen and oxygen atoms in total. The topological polar surface area (TPSA) is 153 Å². The van der Waals surface area contributed by atoms with Crippen molar-refractivity contribution >= 4 is 25.0 Å². The zero-order valence-electron chi connectivity index (χ0n) is 18.8. The SMILES string of the molecule is C=O.CCC.CNCCC(=O)N1CCN(CC(=O)O)C(CO)C1.NCCCCC=O. The van der Waals surface area contributed by atoms with Gasteiger partial charge in [0.2, 0.25) is 5.91 Å². The van der Waals surface area contributed by atoms with Gasteiger partial charge in [-0.25, -0.2) is 0 Å². The minimum absolute atomic E-state index is 0.0396. The van der Waals surface area contributed by atoms with Crippen LogP contribution in [0.4, 0.5) is 0 Å². The van der Waals surface area contributed by atoms with E-state index in [1.807, 2.05) is 6.79 Å². The number of aliphatic carboxylic acids is 1. The molecule has 0 radical (unpaired) electrons. The van der Waals surface area contributed by atoms with Crippen LogP contribution < -0.4 is 11.1 Å². The predicted molar refractivity (Wildman–Crippen MR) is 117 cm³/mol. The van der Waals surface area contributed by atoms with Crippen LogP contribution in [-0.2, 0) is 19.2 Å². The number of carbonyl (C=O) groups is 4. The van der Waals surface area contributed by atoms with Crippen molar-refractivity contribution < 1.29 is 29.4 Å². The smallest absolute Gasteiger partial charge is 0.317 e. The number of nitrogens with two attached hydrogens (primary N) is 1. The van der Waals surface area contributed by atoms with Crippen molar-refractivity contribution in [3.05, 3.63) is 0 Å². The van der Waals surface area contributed by atoms with Crippen LogP contribution in [-0.4, -0.2) is 104 Å². The fourth-order valence-corrected chi connectivity index (χ4v) is 2.44. The molecular formula is C20H42N4O6. The maximum absolute atomic E-state index is 11.8. The number of aliphatic hydroxyl groups is 1. The fraction of sp³-hybridized carbons (Fsp3) is 0.800. The number of rotatable bonds is 10. The largest absolute Gasteiger partial charge is 0.480 e. The van der Waals surface area contributed by atoms with Gasteiger partial charge in [-0.3, -0.25) is 14.5 Å². The van der Waals surface area contributed by atoms with Gasteiger partial charge in [0.15, 0.2) is 0 Å². The van der Waals surface area contributed by atoms with Crippen LogP contribution in [0.15, 0.2) is 0 Å². The maximum atomic E-state index is 11.8. The molecule has 1 saturated heterocycles. The Morgan fingerprint density at radius 1 is 1.23 bits per heavy atom. The van der Waals surface area contributed by atoms with Gasteiger partial charge in [0.05, 0.1) is 19.2 Å². The van der Waals surface area contributed by atoms with Gasteiger partial charge in [0, 0.05) is 39.0 Å². The van der Waals surface area contributed by atoms with Crippen molar-refractivity contribution in [2.75, 3.05) is 52.9 Å². The van der Waals surface area contributed by atoms with Gasteiger partial charge in [-0.05, 0) is 26.4 Å². The Labute approximate surface area is 180 Å². The molecule has 5 N–H and O–H groups in total. The highest BCUT2D eigenvalue weighted by atomic mass is 16.4. The van der Waals surface area contributed by atoms with E-state index in [2.05, 4.69) is 19.2 Å². The quantitative estimate of drug-likeness (QED) is 0.269. The molecule has 1 rings (SSSR count). The van der Waals surface area contributed by atoms with E-state index in [0.29, 0.717) is 45.6 Å². The van der Waals surface area contributed by atoms with Crippen LogP contribution in [0.1, 0.15) is 46.0 Å². The van der Waals surface area contributed by atoms with Crippen LogP contribution in [0.25, 0.3) is 0 Å². The molecule has 30 heavy (non-hydrogen) atoms. The van der Waals surface area contributed by atoms with Crippen molar-refractivity contribution in [1.82, 2.24) is 15.1 Å². The average molecular weight is 435 g/mol. The van der Waals surface area contributed by atoms with Gasteiger partial charge in [-0.15, -0.1) is 0 Å². The van der Waals surface area contributed by atoms with Crippen molar-refractivity contribution in [1.29, 1.82) is 0 Å². The molecule has 0 bridgehead atoms. The van der Waals surface area contributed by atoms with Crippen LogP contribution >= 0.6 is 0 Å². The van der Waals surface area contributed by atoms with E-state index in [9.17, 15) is 19.5 Å². The Morgan fingerprint density at radius 2 is 1.83 bits per heavy atom. The first-order valence-corrected chi connectivity index (χ1v) is 10.3. The number of aliphatic hydroxyl groups excluding tert-OH is 1. The molecule has 0 aliphatic carbocycles. The first kappa shape index (κ1) is 32.8. The molecule has 1 aliphatic rings. The third-order valence-corrected chi connectivity index (χ3v) is 3.87. The summed E-state index contributed by atoms with van der Waals surface area (Å²) in [5, 5.41) is 20.9. The third kappa shape index (κ3) is 19.4. The van der Waals surface area contributed by atoms with Crippen molar-refractivity contribution in [2.45, 2.75) is 52.0 Å². The van der Waals surface area contributed by atoms with Crippen LogP contribution in [0, 0.1) is 0 Å². The van der Waals surface area contributed by atoms with E-state index >= 15 is 0 Å². The minimum Gasteiger partial charge on any atom is -0.480 e. The van der Waals surface area contributed by atoms with Crippen LogP contribution in [0.3, 0.4) is 0 Å². The first-order valence-electron chi connectivity index (χ1n) is 10.3. The third-order valence-electron chi connectivity index (χ3n) is 3.87. The van der Waals surface area contributed by atoms with E-state index in [0.717, 1.165) is 19.1 Å². The Morgan fingerprint density at radius 3 is 2.27 bits per heavy atom. The van der Waals surface area contributed by atoms with Crippen LogP contribution in [0.5, 0.6) is 0 Å². The lowest BCUT2D eigenvalue weighted by Gasteiger charge is -2.39. The lowest BCUT2D eigenvalue weighted by atomic mass is 10.1. The van der Waals surface area contributed by atoms with Crippen molar-refractivity contribution in [3.63, 3.8) is 0 Å². The molecule has 0 aromatic carbocycles. The standard InChI is InChI=1S/C11H21N3O4.C5H11NO.C3H8.CH2O/c1-12-3-2-10(16)14-5-4-13(7-11(17)18)9(6-14)8-15;6-4-2-1-3-5-7;1-3-2;1-2/h9,12,15H,2-8H2,1H3,(H,17,18);5H,1-4,6H2;3H2,1-2H3;1H2. The number of carbonyl (C=O) groups excluding carboxylic acids is 3. The number of unbranched alkanes of at least 4 members (excludes halogenated alkanes) is 2. The van der Waals surface area contributed by atoms with E-state index in [1.54, 1.807) is 16.8 Å². The molecule has 178 valence electrons. The first-order chi connectivity index (χ1) is 14.4.